The first-order valence-electron chi connectivity index (χ1n) is 6.51. The predicted molar refractivity (Wildman–Crippen MR) is 80.2 cm³/mol. The zero-order valence-corrected chi connectivity index (χ0v) is 11.5. The van der Waals surface area contributed by atoms with Crippen molar-refractivity contribution in [1.82, 2.24) is 0 Å². The van der Waals surface area contributed by atoms with E-state index in [0.717, 1.165) is 0 Å². The zero-order valence-electron chi connectivity index (χ0n) is 10.7. The van der Waals surface area contributed by atoms with Crippen LogP contribution in [0.5, 0.6) is 0 Å². The number of aryl methyl sites for hydroxylation is 1. The molecule has 0 heterocycles. The maximum absolute atomic E-state index is 6.42. The molecular weight excluding hydrogens is 242 g/mol. The molecule has 2 aromatic carbocycles. The molecule has 18 heavy (non-hydrogen) atoms. The number of hydrogen-bond donors (Lipinski definition) is 1. The topological polar surface area (TPSA) is 26.0 Å². The summed E-state index contributed by atoms with van der Waals surface area (Å²) in [6.45, 7) is 2.17. The molecule has 0 radical (unpaired) electrons. The minimum atomic E-state index is 0. The van der Waals surface area contributed by atoms with Gasteiger partial charge < -0.3 is 5.73 Å². The lowest BCUT2D eigenvalue weighted by Crippen LogP contribution is -2.27. The lowest BCUT2D eigenvalue weighted by Gasteiger charge is -2.32. The maximum atomic E-state index is 6.42. The third-order valence-electron chi connectivity index (χ3n) is 4.19. The lowest BCUT2D eigenvalue weighted by atomic mass is 9.76. The average Bonchev–Trinajstić information content (AvgIpc) is 2.27. The summed E-state index contributed by atoms with van der Waals surface area (Å²) in [5, 5.41) is 2.69. The third kappa shape index (κ3) is 2.13. The van der Waals surface area contributed by atoms with Crippen LogP contribution in [0.15, 0.2) is 36.4 Å². The Kier molecular flexibility index (Phi) is 3.94. The Balaban J connectivity index is 0.00000120. The highest BCUT2D eigenvalue weighted by atomic mass is 35.5. The van der Waals surface area contributed by atoms with Gasteiger partial charge in [0.15, 0.2) is 0 Å². The van der Waals surface area contributed by atoms with Crippen molar-refractivity contribution in [3.63, 3.8) is 0 Å². The zero-order chi connectivity index (χ0) is 11.8. The van der Waals surface area contributed by atoms with Crippen LogP contribution in [0, 0.1) is 12.8 Å². The molecule has 0 saturated heterocycles. The highest BCUT2D eigenvalue weighted by Crippen LogP contribution is 2.38. The van der Waals surface area contributed by atoms with Gasteiger partial charge in [0.1, 0.15) is 0 Å². The van der Waals surface area contributed by atoms with E-state index in [1.165, 1.54) is 41.2 Å². The minimum absolute atomic E-state index is 0. The molecule has 1 aliphatic rings. The van der Waals surface area contributed by atoms with E-state index >= 15 is 0 Å². The number of halogens is 1. The minimum Gasteiger partial charge on any atom is -0.324 e. The molecule has 0 aliphatic heterocycles. The maximum Gasteiger partial charge on any atom is 0.0329 e. The number of hydrogen-bond acceptors (Lipinski definition) is 1. The van der Waals surface area contributed by atoms with Gasteiger partial charge in [0.25, 0.3) is 0 Å². The van der Waals surface area contributed by atoms with E-state index in [2.05, 4.69) is 43.3 Å². The SMILES string of the molecule is Cc1ccc([C@@H](N)C2CCC2)c2ccccc12.Cl. The first kappa shape index (κ1) is 13.4. The second kappa shape index (κ2) is 5.29. The van der Waals surface area contributed by atoms with Crippen LogP contribution in [0.25, 0.3) is 10.8 Å². The molecule has 1 saturated carbocycles. The Morgan fingerprint density at radius 3 is 2.33 bits per heavy atom. The van der Waals surface area contributed by atoms with E-state index in [1.54, 1.807) is 0 Å². The van der Waals surface area contributed by atoms with E-state index in [0.29, 0.717) is 5.92 Å². The van der Waals surface area contributed by atoms with Crippen molar-refractivity contribution in [3.8, 4) is 0 Å². The van der Waals surface area contributed by atoms with Gasteiger partial charge in [-0.2, -0.15) is 0 Å². The molecule has 0 aromatic heterocycles. The van der Waals surface area contributed by atoms with Crippen molar-refractivity contribution < 1.29 is 0 Å². The van der Waals surface area contributed by atoms with Gasteiger partial charge in [-0.25, -0.2) is 0 Å². The quantitative estimate of drug-likeness (QED) is 0.854. The van der Waals surface area contributed by atoms with Gasteiger partial charge in [-0.15, -0.1) is 12.4 Å². The molecule has 1 aliphatic carbocycles. The normalized spacial score (nSPS) is 17.0. The summed E-state index contributed by atoms with van der Waals surface area (Å²) in [6, 6.07) is 13.3. The van der Waals surface area contributed by atoms with Gasteiger partial charge in [0, 0.05) is 6.04 Å². The summed E-state index contributed by atoms with van der Waals surface area (Å²) in [4.78, 5) is 0. The van der Waals surface area contributed by atoms with Gasteiger partial charge in [-0.3, -0.25) is 0 Å². The van der Waals surface area contributed by atoms with Crippen LogP contribution < -0.4 is 5.73 Å². The Morgan fingerprint density at radius 1 is 1.06 bits per heavy atom. The van der Waals surface area contributed by atoms with Crippen LogP contribution in [0.3, 0.4) is 0 Å². The summed E-state index contributed by atoms with van der Waals surface area (Å²) in [6.07, 6.45) is 3.94. The van der Waals surface area contributed by atoms with E-state index in [4.69, 9.17) is 5.73 Å². The smallest absolute Gasteiger partial charge is 0.0329 e. The molecular formula is C16H20ClN. The second-order valence-corrected chi connectivity index (χ2v) is 5.23. The summed E-state index contributed by atoms with van der Waals surface area (Å²) in [5.74, 6) is 0.695. The Labute approximate surface area is 115 Å². The number of fused-ring (bicyclic) bond motifs is 1. The number of nitrogens with two attached hydrogens (primary N) is 1. The van der Waals surface area contributed by atoms with Crippen molar-refractivity contribution in [3.05, 3.63) is 47.5 Å². The van der Waals surface area contributed by atoms with Gasteiger partial charge in [0.05, 0.1) is 0 Å². The van der Waals surface area contributed by atoms with Crippen LogP contribution in [-0.4, -0.2) is 0 Å². The molecule has 1 nitrogen and oxygen atoms in total. The van der Waals surface area contributed by atoms with Crippen molar-refractivity contribution in [2.45, 2.75) is 32.2 Å². The molecule has 0 spiro atoms. The van der Waals surface area contributed by atoms with E-state index in [-0.39, 0.29) is 18.4 Å². The summed E-state index contributed by atoms with van der Waals surface area (Å²) in [5.41, 5.74) is 9.08. The molecule has 2 heteroatoms. The van der Waals surface area contributed by atoms with Gasteiger partial charge in [-0.1, -0.05) is 42.8 Å². The largest absolute Gasteiger partial charge is 0.324 e. The average molecular weight is 262 g/mol. The standard InChI is InChI=1S/C16H19N.ClH/c1-11-9-10-15(16(17)12-5-4-6-12)14-8-3-2-7-13(11)14;/h2-3,7-10,12,16H,4-6,17H2,1H3;1H/t16-;/m0./s1. The fraction of sp³-hybridized carbons (Fsp3) is 0.375. The highest BCUT2D eigenvalue weighted by Gasteiger charge is 2.26. The van der Waals surface area contributed by atoms with E-state index in [1.807, 2.05) is 0 Å². The van der Waals surface area contributed by atoms with Gasteiger partial charge in [0.2, 0.25) is 0 Å². The molecule has 0 unspecified atom stereocenters. The first-order valence-corrected chi connectivity index (χ1v) is 6.51. The number of benzene rings is 2. The van der Waals surface area contributed by atoms with Crippen molar-refractivity contribution in [2.75, 3.05) is 0 Å². The van der Waals surface area contributed by atoms with Crippen molar-refractivity contribution in [2.24, 2.45) is 11.7 Å². The number of rotatable bonds is 2. The highest BCUT2D eigenvalue weighted by molar-refractivity contribution is 5.88. The third-order valence-corrected chi connectivity index (χ3v) is 4.19. The molecule has 0 amide bonds. The molecule has 0 bridgehead atoms. The van der Waals surface area contributed by atoms with Crippen LogP contribution in [-0.2, 0) is 0 Å². The Morgan fingerprint density at radius 2 is 1.72 bits per heavy atom. The fourth-order valence-corrected chi connectivity index (χ4v) is 2.82. The van der Waals surface area contributed by atoms with Crippen LogP contribution in [0.4, 0.5) is 0 Å². The Bertz CT molecular complexity index is 546. The molecule has 3 rings (SSSR count). The summed E-state index contributed by atoms with van der Waals surface area (Å²) in [7, 11) is 0. The summed E-state index contributed by atoms with van der Waals surface area (Å²) >= 11 is 0. The predicted octanol–water partition coefficient (Wildman–Crippen LogP) is 4.37. The van der Waals surface area contributed by atoms with Crippen LogP contribution >= 0.6 is 12.4 Å². The van der Waals surface area contributed by atoms with Gasteiger partial charge >= 0.3 is 0 Å². The van der Waals surface area contributed by atoms with Crippen LogP contribution in [0.2, 0.25) is 0 Å². The molecule has 1 atom stereocenters. The van der Waals surface area contributed by atoms with Crippen molar-refractivity contribution in [1.29, 1.82) is 0 Å². The van der Waals surface area contributed by atoms with E-state index < -0.39 is 0 Å². The Hall–Kier alpha value is -1.05. The first-order chi connectivity index (χ1) is 8.27. The van der Waals surface area contributed by atoms with Gasteiger partial charge in [-0.05, 0) is 47.6 Å². The molecule has 2 aromatic rings. The van der Waals surface area contributed by atoms with Crippen LogP contribution in [0.1, 0.15) is 36.4 Å². The second-order valence-electron chi connectivity index (χ2n) is 5.23. The fourth-order valence-electron chi connectivity index (χ4n) is 2.82. The molecule has 96 valence electrons. The monoisotopic (exact) mass is 261 g/mol. The molecule has 1 fully saturated rings. The van der Waals surface area contributed by atoms with E-state index in [9.17, 15) is 0 Å². The molecule has 2 N–H and O–H groups in total. The van der Waals surface area contributed by atoms with Crippen molar-refractivity contribution >= 4 is 23.2 Å². The summed E-state index contributed by atoms with van der Waals surface area (Å²) < 4.78 is 0. The lowest BCUT2D eigenvalue weighted by molar-refractivity contribution is 0.265.